The second-order valence-electron chi connectivity index (χ2n) is 5.82. The van der Waals surface area contributed by atoms with E-state index in [1.165, 1.54) is 19.3 Å². The van der Waals surface area contributed by atoms with Gasteiger partial charge in [-0.15, -0.1) is 0 Å². The highest BCUT2D eigenvalue weighted by molar-refractivity contribution is 5.87. The van der Waals surface area contributed by atoms with E-state index in [2.05, 4.69) is 5.10 Å². The Morgan fingerprint density at radius 2 is 2.00 bits per heavy atom. The van der Waals surface area contributed by atoms with Gasteiger partial charge >= 0.3 is 5.97 Å². The van der Waals surface area contributed by atoms with Crippen molar-refractivity contribution in [3.8, 4) is 0 Å². The third kappa shape index (κ3) is 2.27. The summed E-state index contributed by atoms with van der Waals surface area (Å²) >= 11 is 0. The Morgan fingerprint density at radius 1 is 1.26 bits per heavy atom. The molecule has 2 aliphatic carbocycles. The van der Waals surface area contributed by atoms with E-state index in [4.69, 9.17) is 5.73 Å². The minimum atomic E-state index is -0.917. The quantitative estimate of drug-likeness (QED) is 0.854. The second kappa shape index (κ2) is 4.96. The highest BCUT2D eigenvalue weighted by atomic mass is 16.4. The molecule has 0 amide bonds. The van der Waals surface area contributed by atoms with Crippen LogP contribution in [0.4, 0.5) is 0 Å². The van der Waals surface area contributed by atoms with Gasteiger partial charge in [0.05, 0.1) is 6.04 Å². The summed E-state index contributed by atoms with van der Waals surface area (Å²) in [6.45, 7) is 0. The molecule has 19 heavy (non-hydrogen) atoms. The Labute approximate surface area is 112 Å². The molecule has 1 fully saturated rings. The molecule has 0 radical (unpaired) electrons. The number of nitrogens with two attached hydrogens (primary N) is 1. The average molecular weight is 263 g/mol. The fraction of sp³-hybridized carbons (Fsp3) is 0.714. The monoisotopic (exact) mass is 263 g/mol. The van der Waals surface area contributed by atoms with Crippen molar-refractivity contribution in [1.82, 2.24) is 9.78 Å². The van der Waals surface area contributed by atoms with E-state index < -0.39 is 5.97 Å². The van der Waals surface area contributed by atoms with Gasteiger partial charge in [0.15, 0.2) is 5.69 Å². The van der Waals surface area contributed by atoms with Gasteiger partial charge in [-0.2, -0.15) is 5.10 Å². The van der Waals surface area contributed by atoms with E-state index in [0.717, 1.165) is 36.9 Å². The fourth-order valence-electron chi connectivity index (χ4n) is 3.47. The molecule has 3 N–H and O–H groups in total. The van der Waals surface area contributed by atoms with Gasteiger partial charge in [0, 0.05) is 17.3 Å². The smallest absolute Gasteiger partial charge is 0.356 e. The molecule has 1 aromatic rings. The lowest BCUT2D eigenvalue weighted by Crippen LogP contribution is -2.29. The maximum absolute atomic E-state index is 11.4. The molecule has 0 aromatic carbocycles. The zero-order valence-electron chi connectivity index (χ0n) is 11.1. The first-order valence-corrected chi connectivity index (χ1v) is 7.26. The number of nitrogens with zero attached hydrogens (tertiary/aromatic N) is 2. The molecule has 1 unspecified atom stereocenters. The number of hydrogen-bond acceptors (Lipinski definition) is 3. The summed E-state index contributed by atoms with van der Waals surface area (Å²) in [6, 6.07) is 0.472. The Kier molecular flexibility index (Phi) is 3.31. The topological polar surface area (TPSA) is 81.1 Å². The molecule has 0 aliphatic heterocycles. The molecule has 1 saturated carbocycles. The summed E-state index contributed by atoms with van der Waals surface area (Å²) in [6.07, 6.45) is 8.44. The first-order chi connectivity index (χ1) is 9.16. The van der Waals surface area contributed by atoms with Gasteiger partial charge in [0.2, 0.25) is 0 Å². The number of aromatic nitrogens is 2. The lowest BCUT2D eigenvalue weighted by molar-refractivity contribution is 0.0687. The van der Waals surface area contributed by atoms with Crippen molar-refractivity contribution >= 4 is 5.97 Å². The van der Waals surface area contributed by atoms with Gasteiger partial charge in [-0.3, -0.25) is 4.68 Å². The molecule has 5 heteroatoms. The Balaban J connectivity index is 2.00. The standard InChI is InChI=1S/C14H21N3O2/c15-9-6-7-12-11(8-9)13(14(18)19)16-17(12)10-4-2-1-3-5-10/h9-10H,1-8,15H2,(H,18,19). The van der Waals surface area contributed by atoms with E-state index in [-0.39, 0.29) is 11.7 Å². The minimum Gasteiger partial charge on any atom is -0.476 e. The van der Waals surface area contributed by atoms with Gasteiger partial charge in [-0.1, -0.05) is 19.3 Å². The summed E-state index contributed by atoms with van der Waals surface area (Å²) in [7, 11) is 0. The maximum Gasteiger partial charge on any atom is 0.356 e. The number of carboxylic acids is 1. The predicted octanol–water partition coefficient (Wildman–Crippen LogP) is 1.90. The van der Waals surface area contributed by atoms with Gasteiger partial charge in [0.25, 0.3) is 0 Å². The van der Waals surface area contributed by atoms with Crippen LogP contribution in [0.2, 0.25) is 0 Å². The second-order valence-corrected chi connectivity index (χ2v) is 5.82. The van der Waals surface area contributed by atoms with Crippen LogP contribution in [0.15, 0.2) is 0 Å². The molecule has 1 heterocycles. The number of rotatable bonds is 2. The van der Waals surface area contributed by atoms with Gasteiger partial charge in [0.1, 0.15) is 0 Å². The van der Waals surface area contributed by atoms with Crippen LogP contribution in [0.3, 0.4) is 0 Å². The van der Waals surface area contributed by atoms with E-state index >= 15 is 0 Å². The number of hydrogen-bond donors (Lipinski definition) is 2. The van der Waals surface area contributed by atoms with Crippen molar-refractivity contribution in [2.75, 3.05) is 0 Å². The largest absolute Gasteiger partial charge is 0.476 e. The molecule has 0 saturated heterocycles. The van der Waals surface area contributed by atoms with Crippen molar-refractivity contribution in [2.24, 2.45) is 5.73 Å². The van der Waals surface area contributed by atoms with Crippen molar-refractivity contribution in [3.63, 3.8) is 0 Å². The minimum absolute atomic E-state index is 0.0783. The third-order valence-corrected chi connectivity index (χ3v) is 4.46. The average Bonchev–Trinajstić information content (AvgIpc) is 2.78. The van der Waals surface area contributed by atoms with Crippen molar-refractivity contribution < 1.29 is 9.90 Å². The third-order valence-electron chi connectivity index (χ3n) is 4.46. The zero-order chi connectivity index (χ0) is 13.4. The highest BCUT2D eigenvalue weighted by Crippen LogP contribution is 2.33. The van der Waals surface area contributed by atoms with Crippen LogP contribution in [0.25, 0.3) is 0 Å². The molecule has 2 aliphatic rings. The van der Waals surface area contributed by atoms with E-state index in [1.54, 1.807) is 0 Å². The van der Waals surface area contributed by atoms with E-state index in [9.17, 15) is 9.90 Å². The molecule has 1 atom stereocenters. The first-order valence-electron chi connectivity index (χ1n) is 7.26. The molecule has 3 rings (SSSR count). The summed E-state index contributed by atoms with van der Waals surface area (Å²) in [5.41, 5.74) is 8.23. The normalized spacial score (nSPS) is 24.2. The lowest BCUT2D eigenvalue weighted by atomic mass is 9.90. The lowest BCUT2D eigenvalue weighted by Gasteiger charge is -2.26. The zero-order valence-corrected chi connectivity index (χ0v) is 11.1. The Bertz CT molecular complexity index is 489. The van der Waals surface area contributed by atoms with Crippen LogP contribution >= 0.6 is 0 Å². The summed E-state index contributed by atoms with van der Waals surface area (Å²) in [5.74, 6) is -0.917. The summed E-state index contributed by atoms with van der Waals surface area (Å²) < 4.78 is 2.02. The number of aromatic carboxylic acids is 1. The van der Waals surface area contributed by atoms with Crippen LogP contribution in [0, 0.1) is 0 Å². The molecule has 5 nitrogen and oxygen atoms in total. The Morgan fingerprint density at radius 3 is 2.68 bits per heavy atom. The van der Waals surface area contributed by atoms with Crippen LogP contribution in [-0.2, 0) is 12.8 Å². The van der Waals surface area contributed by atoms with Gasteiger partial charge in [-0.05, 0) is 32.1 Å². The van der Waals surface area contributed by atoms with Crippen molar-refractivity contribution in [3.05, 3.63) is 17.0 Å². The summed E-state index contributed by atoms with van der Waals surface area (Å²) in [4.78, 5) is 11.4. The molecule has 0 bridgehead atoms. The van der Waals surface area contributed by atoms with Crippen LogP contribution < -0.4 is 5.73 Å². The van der Waals surface area contributed by atoms with Crippen LogP contribution in [-0.4, -0.2) is 26.9 Å². The van der Waals surface area contributed by atoms with Crippen molar-refractivity contribution in [2.45, 2.75) is 63.5 Å². The van der Waals surface area contributed by atoms with Crippen LogP contribution in [0.1, 0.15) is 66.3 Å². The number of carbonyl (C=O) groups is 1. The highest BCUT2D eigenvalue weighted by Gasteiger charge is 2.30. The van der Waals surface area contributed by atoms with Crippen LogP contribution in [0.5, 0.6) is 0 Å². The molecule has 104 valence electrons. The summed E-state index contributed by atoms with van der Waals surface area (Å²) in [5, 5.41) is 13.7. The van der Waals surface area contributed by atoms with E-state index in [1.807, 2.05) is 4.68 Å². The SMILES string of the molecule is NC1CCc2c(c(C(=O)O)nn2C2CCCCC2)C1. The number of fused-ring (bicyclic) bond motifs is 1. The molecule has 0 spiro atoms. The molecular formula is C14H21N3O2. The van der Waals surface area contributed by atoms with E-state index in [0.29, 0.717) is 12.5 Å². The first kappa shape index (κ1) is 12.7. The van der Waals surface area contributed by atoms with Crippen molar-refractivity contribution in [1.29, 1.82) is 0 Å². The van der Waals surface area contributed by atoms with Gasteiger partial charge in [-0.25, -0.2) is 4.79 Å². The predicted molar refractivity (Wildman–Crippen MR) is 71.3 cm³/mol. The molecular weight excluding hydrogens is 242 g/mol. The fourth-order valence-corrected chi connectivity index (χ4v) is 3.47. The van der Waals surface area contributed by atoms with Gasteiger partial charge < -0.3 is 10.8 Å². The Hall–Kier alpha value is -1.36. The maximum atomic E-state index is 11.4. The number of carboxylic acid groups (broad SMARTS) is 1. The molecule has 1 aromatic heterocycles.